The third kappa shape index (κ3) is 16.0. The molecule has 0 fully saturated rings. The molecule has 0 N–H and O–H groups in total. The van der Waals surface area contributed by atoms with Crippen LogP contribution in [-0.2, 0) is 19.3 Å². The molecule has 0 aliphatic carbocycles. The van der Waals surface area contributed by atoms with Crippen molar-refractivity contribution < 1.29 is 9.59 Å². The molecule has 4 aromatic rings. The van der Waals surface area contributed by atoms with Gasteiger partial charge in [-0.1, -0.05) is 226 Å². The molecule has 0 spiro atoms. The molecule has 2 heteroatoms. The number of ketones is 2. The molecule has 0 saturated carbocycles. The monoisotopic (exact) mass is 713 g/mol. The summed E-state index contributed by atoms with van der Waals surface area (Å²) < 4.78 is 0. The van der Waals surface area contributed by atoms with Crippen LogP contribution in [0.4, 0.5) is 0 Å². The highest BCUT2D eigenvalue weighted by Gasteiger charge is 2.11. The summed E-state index contributed by atoms with van der Waals surface area (Å²) >= 11 is 0. The van der Waals surface area contributed by atoms with Crippen LogP contribution in [0, 0.1) is 0 Å². The Bertz CT molecular complexity index is 1440. The molecule has 0 saturated heterocycles. The Hall–Kier alpha value is -3.78. The standard InChI is InChI=1S/C51H68O2/c1-3-5-7-9-11-13-15-17-19-21-23-42-25-33-46(34-26-42)50(52)48-37-29-44(30-38-48)41-45-31-39-49(40-32-45)51(53)47-35-27-43(28-36-47)24-22-20-18-16-14-12-10-8-6-4-2/h25-40H,3-24,41H2,1-2H3. The summed E-state index contributed by atoms with van der Waals surface area (Å²) in [5, 5.41) is 0. The van der Waals surface area contributed by atoms with Crippen LogP contribution in [0.3, 0.4) is 0 Å². The first-order valence-electron chi connectivity index (χ1n) is 21.5. The van der Waals surface area contributed by atoms with E-state index in [1.165, 1.54) is 140 Å². The molecule has 4 rings (SSSR count). The second-order valence-electron chi connectivity index (χ2n) is 15.5. The predicted molar refractivity (Wildman–Crippen MR) is 227 cm³/mol. The normalized spacial score (nSPS) is 11.2. The summed E-state index contributed by atoms with van der Waals surface area (Å²) in [6.07, 6.45) is 29.9. The molecule has 53 heavy (non-hydrogen) atoms. The lowest BCUT2D eigenvalue weighted by molar-refractivity contribution is 0.103. The summed E-state index contributed by atoms with van der Waals surface area (Å²) in [6.45, 7) is 4.55. The van der Waals surface area contributed by atoms with E-state index in [-0.39, 0.29) is 11.6 Å². The molecule has 0 unspecified atom stereocenters. The van der Waals surface area contributed by atoms with Gasteiger partial charge in [-0.05, 0) is 54.4 Å². The van der Waals surface area contributed by atoms with Crippen molar-refractivity contribution in [2.24, 2.45) is 0 Å². The topological polar surface area (TPSA) is 34.1 Å². The summed E-state index contributed by atoms with van der Waals surface area (Å²) in [6, 6.07) is 32.4. The maximum absolute atomic E-state index is 13.2. The highest BCUT2D eigenvalue weighted by Crippen LogP contribution is 2.19. The smallest absolute Gasteiger partial charge is 0.193 e. The van der Waals surface area contributed by atoms with Crippen molar-refractivity contribution in [1.29, 1.82) is 0 Å². The van der Waals surface area contributed by atoms with Crippen molar-refractivity contribution >= 4 is 11.6 Å². The van der Waals surface area contributed by atoms with E-state index in [1.54, 1.807) is 0 Å². The van der Waals surface area contributed by atoms with Crippen LogP contribution in [0.1, 0.15) is 196 Å². The van der Waals surface area contributed by atoms with E-state index in [0.717, 1.165) is 41.5 Å². The first-order valence-corrected chi connectivity index (χ1v) is 21.5. The van der Waals surface area contributed by atoms with Gasteiger partial charge in [0, 0.05) is 22.3 Å². The lowest BCUT2D eigenvalue weighted by Crippen LogP contribution is -2.02. The quantitative estimate of drug-likeness (QED) is 0.0434. The van der Waals surface area contributed by atoms with Crippen molar-refractivity contribution in [2.45, 2.75) is 162 Å². The summed E-state index contributed by atoms with van der Waals surface area (Å²) in [4.78, 5) is 26.4. The van der Waals surface area contributed by atoms with Gasteiger partial charge in [-0.25, -0.2) is 0 Å². The minimum absolute atomic E-state index is 0.0664. The van der Waals surface area contributed by atoms with Crippen molar-refractivity contribution in [3.8, 4) is 0 Å². The van der Waals surface area contributed by atoms with E-state index in [4.69, 9.17) is 0 Å². The van der Waals surface area contributed by atoms with Crippen LogP contribution in [0.2, 0.25) is 0 Å². The van der Waals surface area contributed by atoms with E-state index in [0.29, 0.717) is 11.1 Å². The third-order valence-electron chi connectivity index (χ3n) is 10.9. The third-order valence-corrected chi connectivity index (χ3v) is 10.9. The maximum atomic E-state index is 13.2. The number of aryl methyl sites for hydroxylation is 2. The molecule has 0 atom stereocenters. The average molecular weight is 713 g/mol. The second-order valence-corrected chi connectivity index (χ2v) is 15.5. The molecule has 0 aliphatic heterocycles. The molecular formula is C51H68O2. The van der Waals surface area contributed by atoms with E-state index in [2.05, 4.69) is 38.1 Å². The number of benzene rings is 4. The average Bonchev–Trinajstić information content (AvgIpc) is 3.20. The molecule has 0 aliphatic rings. The van der Waals surface area contributed by atoms with Gasteiger partial charge in [-0.15, -0.1) is 0 Å². The zero-order valence-electron chi connectivity index (χ0n) is 33.3. The Labute approximate surface area is 323 Å². The predicted octanol–water partition coefficient (Wildman–Crippen LogP) is 14.7. The van der Waals surface area contributed by atoms with Gasteiger partial charge in [0.15, 0.2) is 11.6 Å². The van der Waals surface area contributed by atoms with Gasteiger partial charge in [0.2, 0.25) is 0 Å². The Kier molecular flexibility index (Phi) is 20.0. The maximum Gasteiger partial charge on any atom is 0.193 e. The largest absolute Gasteiger partial charge is 0.289 e. The molecule has 0 heterocycles. The molecule has 284 valence electrons. The zero-order valence-corrected chi connectivity index (χ0v) is 33.3. The number of hydrogen-bond acceptors (Lipinski definition) is 2. The Morgan fingerprint density at radius 1 is 0.302 bits per heavy atom. The van der Waals surface area contributed by atoms with Gasteiger partial charge in [0.1, 0.15) is 0 Å². The van der Waals surface area contributed by atoms with Crippen molar-refractivity contribution in [3.63, 3.8) is 0 Å². The van der Waals surface area contributed by atoms with Gasteiger partial charge < -0.3 is 0 Å². The lowest BCUT2D eigenvalue weighted by Gasteiger charge is -2.08. The van der Waals surface area contributed by atoms with Crippen molar-refractivity contribution in [2.75, 3.05) is 0 Å². The van der Waals surface area contributed by atoms with Gasteiger partial charge in [-0.2, -0.15) is 0 Å². The summed E-state index contributed by atoms with van der Waals surface area (Å²) in [5.41, 5.74) is 7.84. The molecular weight excluding hydrogens is 645 g/mol. The van der Waals surface area contributed by atoms with Gasteiger partial charge in [0.25, 0.3) is 0 Å². The van der Waals surface area contributed by atoms with Gasteiger partial charge in [0.05, 0.1) is 0 Å². The van der Waals surface area contributed by atoms with Crippen LogP contribution in [0.15, 0.2) is 97.1 Å². The van der Waals surface area contributed by atoms with E-state index < -0.39 is 0 Å². The molecule has 4 aromatic carbocycles. The van der Waals surface area contributed by atoms with Gasteiger partial charge in [-0.3, -0.25) is 9.59 Å². The Morgan fingerprint density at radius 3 is 0.792 bits per heavy atom. The van der Waals surface area contributed by atoms with E-state index in [1.807, 2.05) is 72.8 Å². The van der Waals surface area contributed by atoms with Crippen LogP contribution >= 0.6 is 0 Å². The van der Waals surface area contributed by atoms with Crippen LogP contribution in [-0.4, -0.2) is 11.6 Å². The van der Waals surface area contributed by atoms with E-state index in [9.17, 15) is 9.59 Å². The van der Waals surface area contributed by atoms with Crippen molar-refractivity contribution in [1.82, 2.24) is 0 Å². The lowest BCUT2D eigenvalue weighted by atomic mass is 9.96. The minimum atomic E-state index is 0.0664. The number of unbranched alkanes of at least 4 members (excludes halogenated alkanes) is 18. The molecule has 0 radical (unpaired) electrons. The highest BCUT2D eigenvalue weighted by molar-refractivity contribution is 6.09. The summed E-state index contributed by atoms with van der Waals surface area (Å²) in [7, 11) is 0. The van der Waals surface area contributed by atoms with E-state index >= 15 is 0 Å². The zero-order chi connectivity index (χ0) is 37.4. The molecule has 2 nitrogen and oxygen atoms in total. The van der Waals surface area contributed by atoms with Gasteiger partial charge >= 0.3 is 0 Å². The SMILES string of the molecule is CCCCCCCCCCCCc1ccc(C(=O)c2ccc(Cc3ccc(C(=O)c4ccc(CCCCCCCCCCCC)cc4)cc3)cc2)cc1. The first-order chi connectivity index (χ1) is 26.1. The number of rotatable bonds is 28. The summed E-state index contributed by atoms with van der Waals surface area (Å²) in [5.74, 6) is 0.133. The van der Waals surface area contributed by atoms with Crippen LogP contribution < -0.4 is 0 Å². The highest BCUT2D eigenvalue weighted by atomic mass is 16.1. The fraction of sp³-hybridized carbons (Fsp3) is 0.490. The second kappa shape index (κ2) is 25.3. The number of hydrogen-bond donors (Lipinski definition) is 0. The van der Waals surface area contributed by atoms with Crippen LogP contribution in [0.25, 0.3) is 0 Å². The molecule has 0 aromatic heterocycles. The number of carbonyl (C=O) groups is 2. The first kappa shape index (κ1) is 42.0. The Balaban J connectivity index is 1.14. The Morgan fingerprint density at radius 2 is 0.528 bits per heavy atom. The molecule has 0 bridgehead atoms. The van der Waals surface area contributed by atoms with Crippen LogP contribution in [0.5, 0.6) is 0 Å². The number of carbonyl (C=O) groups excluding carboxylic acids is 2. The van der Waals surface area contributed by atoms with Crippen molar-refractivity contribution in [3.05, 3.63) is 142 Å². The fourth-order valence-corrected chi connectivity index (χ4v) is 7.40. The fourth-order valence-electron chi connectivity index (χ4n) is 7.40. The molecule has 0 amide bonds. The minimum Gasteiger partial charge on any atom is -0.289 e.